The highest BCUT2D eigenvalue weighted by Crippen LogP contribution is 2.10. The van der Waals surface area contributed by atoms with Crippen LogP contribution in [0.15, 0.2) is 6.07 Å². The van der Waals surface area contributed by atoms with Gasteiger partial charge in [-0.3, -0.25) is 4.68 Å². The van der Waals surface area contributed by atoms with Crippen LogP contribution in [0.4, 0.5) is 0 Å². The Balaban J connectivity index is 2.09. The van der Waals surface area contributed by atoms with Crippen molar-refractivity contribution in [1.29, 1.82) is 0 Å². The SMILES string of the molecule is CC[C@@H](C)Cc1nc(CCn2nc(C)cc2C)n(CCO)n1. The third kappa shape index (κ3) is 4.16. The molecular weight excluding hydrogens is 278 g/mol. The van der Waals surface area contributed by atoms with Gasteiger partial charge >= 0.3 is 0 Å². The Labute approximate surface area is 132 Å². The molecule has 6 heteroatoms. The molecule has 0 saturated heterocycles. The van der Waals surface area contributed by atoms with Crippen molar-refractivity contribution < 1.29 is 5.11 Å². The summed E-state index contributed by atoms with van der Waals surface area (Å²) >= 11 is 0. The number of aliphatic hydroxyl groups excluding tert-OH is 1. The second kappa shape index (κ2) is 7.54. The number of nitrogens with zero attached hydrogens (tertiary/aromatic N) is 5. The Kier molecular flexibility index (Phi) is 5.71. The van der Waals surface area contributed by atoms with Crippen LogP contribution in [0.1, 0.15) is 43.3 Å². The van der Waals surface area contributed by atoms with Gasteiger partial charge in [0.15, 0.2) is 5.82 Å². The van der Waals surface area contributed by atoms with Gasteiger partial charge in [-0.15, -0.1) is 0 Å². The first-order chi connectivity index (χ1) is 10.5. The van der Waals surface area contributed by atoms with E-state index in [-0.39, 0.29) is 6.61 Å². The molecule has 2 heterocycles. The minimum absolute atomic E-state index is 0.0824. The number of aryl methyl sites for hydroxylation is 4. The maximum absolute atomic E-state index is 9.21. The average Bonchev–Trinajstić information content (AvgIpc) is 2.99. The molecule has 122 valence electrons. The first-order valence-corrected chi connectivity index (χ1v) is 8.08. The molecule has 0 spiro atoms. The Bertz CT molecular complexity index is 602. The van der Waals surface area contributed by atoms with Crippen molar-refractivity contribution >= 4 is 0 Å². The van der Waals surface area contributed by atoms with Crippen LogP contribution < -0.4 is 0 Å². The van der Waals surface area contributed by atoms with Crippen molar-refractivity contribution in [2.45, 2.75) is 60.0 Å². The minimum atomic E-state index is 0.0824. The standard InChI is InChI=1S/C16H27N5O/c1-5-12(2)10-15-17-16(21(19-15)8-9-22)6-7-20-14(4)11-13(3)18-20/h11-12,22H,5-10H2,1-4H3/t12-/m1/s1. The van der Waals surface area contributed by atoms with Crippen molar-refractivity contribution in [2.24, 2.45) is 5.92 Å². The number of aliphatic hydroxyl groups is 1. The van der Waals surface area contributed by atoms with Crippen LogP contribution in [-0.4, -0.2) is 36.3 Å². The van der Waals surface area contributed by atoms with Crippen LogP contribution in [0.25, 0.3) is 0 Å². The lowest BCUT2D eigenvalue weighted by Crippen LogP contribution is -2.12. The van der Waals surface area contributed by atoms with Gasteiger partial charge < -0.3 is 5.11 Å². The van der Waals surface area contributed by atoms with Crippen LogP contribution in [0, 0.1) is 19.8 Å². The Hall–Kier alpha value is -1.69. The van der Waals surface area contributed by atoms with Gasteiger partial charge in [-0.2, -0.15) is 10.2 Å². The zero-order chi connectivity index (χ0) is 16.1. The predicted molar refractivity (Wildman–Crippen MR) is 85.7 cm³/mol. The van der Waals surface area contributed by atoms with Gasteiger partial charge in [0.1, 0.15) is 5.82 Å². The molecule has 22 heavy (non-hydrogen) atoms. The normalized spacial score (nSPS) is 12.8. The first kappa shape index (κ1) is 16.7. The van der Waals surface area contributed by atoms with E-state index in [1.807, 2.05) is 16.3 Å². The molecule has 6 nitrogen and oxygen atoms in total. The summed E-state index contributed by atoms with van der Waals surface area (Å²) in [5.41, 5.74) is 2.19. The molecule has 0 radical (unpaired) electrons. The third-order valence-corrected chi connectivity index (χ3v) is 3.98. The van der Waals surface area contributed by atoms with E-state index < -0.39 is 0 Å². The monoisotopic (exact) mass is 305 g/mol. The Morgan fingerprint density at radius 2 is 1.95 bits per heavy atom. The fourth-order valence-corrected chi connectivity index (χ4v) is 2.53. The lowest BCUT2D eigenvalue weighted by atomic mass is 10.1. The molecular formula is C16H27N5O. The average molecular weight is 305 g/mol. The zero-order valence-electron chi connectivity index (χ0n) is 14.1. The first-order valence-electron chi connectivity index (χ1n) is 8.08. The number of hydrogen-bond acceptors (Lipinski definition) is 4. The maximum atomic E-state index is 9.21. The van der Waals surface area contributed by atoms with Crippen LogP contribution in [0.3, 0.4) is 0 Å². The van der Waals surface area contributed by atoms with E-state index in [1.165, 1.54) is 0 Å². The molecule has 0 aromatic carbocycles. The molecule has 0 aliphatic carbocycles. The molecule has 0 fully saturated rings. The van der Waals surface area contributed by atoms with Gasteiger partial charge in [-0.25, -0.2) is 9.67 Å². The second-order valence-electron chi connectivity index (χ2n) is 6.01. The molecule has 0 aliphatic rings. The topological polar surface area (TPSA) is 68.8 Å². The number of aromatic nitrogens is 5. The summed E-state index contributed by atoms with van der Waals surface area (Å²) in [5, 5.41) is 18.2. The van der Waals surface area contributed by atoms with Crippen LogP contribution in [0.2, 0.25) is 0 Å². The molecule has 0 unspecified atom stereocenters. The Morgan fingerprint density at radius 1 is 1.18 bits per heavy atom. The summed E-state index contributed by atoms with van der Waals surface area (Å²) in [5.74, 6) is 2.39. The van der Waals surface area contributed by atoms with Crippen LogP contribution >= 0.6 is 0 Å². The molecule has 2 aromatic rings. The molecule has 2 aromatic heterocycles. The predicted octanol–water partition coefficient (Wildman–Crippen LogP) is 1.92. The van der Waals surface area contributed by atoms with Crippen LogP contribution in [0.5, 0.6) is 0 Å². The number of rotatable bonds is 8. The van der Waals surface area contributed by atoms with Gasteiger partial charge in [-0.1, -0.05) is 20.3 Å². The van der Waals surface area contributed by atoms with E-state index in [0.717, 1.165) is 48.8 Å². The van der Waals surface area contributed by atoms with Gasteiger partial charge in [0, 0.05) is 25.1 Å². The van der Waals surface area contributed by atoms with Crippen molar-refractivity contribution in [3.63, 3.8) is 0 Å². The summed E-state index contributed by atoms with van der Waals surface area (Å²) in [6.07, 6.45) is 2.78. The third-order valence-electron chi connectivity index (χ3n) is 3.98. The molecule has 0 aliphatic heterocycles. The van der Waals surface area contributed by atoms with E-state index in [9.17, 15) is 5.11 Å². The minimum Gasteiger partial charge on any atom is -0.394 e. The van der Waals surface area contributed by atoms with E-state index in [4.69, 9.17) is 0 Å². The highest BCUT2D eigenvalue weighted by Gasteiger charge is 2.12. The quantitative estimate of drug-likeness (QED) is 0.809. The molecule has 1 N–H and O–H groups in total. The fraction of sp³-hybridized carbons (Fsp3) is 0.688. The smallest absolute Gasteiger partial charge is 0.151 e. The van der Waals surface area contributed by atoms with Gasteiger partial charge in [0.05, 0.1) is 18.8 Å². The highest BCUT2D eigenvalue weighted by atomic mass is 16.3. The van der Waals surface area contributed by atoms with Gasteiger partial charge in [0.25, 0.3) is 0 Å². The molecule has 0 saturated carbocycles. The summed E-state index contributed by atoms with van der Waals surface area (Å²) in [6.45, 7) is 9.82. The van der Waals surface area contributed by atoms with Gasteiger partial charge in [0.2, 0.25) is 0 Å². The second-order valence-corrected chi connectivity index (χ2v) is 6.01. The summed E-state index contributed by atoms with van der Waals surface area (Å²) < 4.78 is 3.84. The largest absolute Gasteiger partial charge is 0.394 e. The summed E-state index contributed by atoms with van der Waals surface area (Å²) in [7, 11) is 0. The molecule has 0 bridgehead atoms. The van der Waals surface area contributed by atoms with E-state index in [0.29, 0.717) is 12.5 Å². The maximum Gasteiger partial charge on any atom is 0.151 e. The van der Waals surface area contributed by atoms with E-state index in [1.54, 1.807) is 0 Å². The molecule has 0 amide bonds. The van der Waals surface area contributed by atoms with Crippen molar-refractivity contribution in [3.05, 3.63) is 29.1 Å². The molecule has 2 rings (SSSR count). The van der Waals surface area contributed by atoms with Gasteiger partial charge in [-0.05, 0) is 25.8 Å². The van der Waals surface area contributed by atoms with Crippen LogP contribution in [-0.2, 0) is 25.9 Å². The Morgan fingerprint density at radius 3 is 2.55 bits per heavy atom. The number of hydrogen-bond donors (Lipinski definition) is 1. The van der Waals surface area contributed by atoms with Crippen molar-refractivity contribution in [3.8, 4) is 0 Å². The molecule has 1 atom stereocenters. The van der Waals surface area contributed by atoms with Crippen molar-refractivity contribution in [1.82, 2.24) is 24.5 Å². The fourth-order valence-electron chi connectivity index (χ4n) is 2.53. The lowest BCUT2D eigenvalue weighted by molar-refractivity contribution is 0.266. The lowest BCUT2D eigenvalue weighted by Gasteiger charge is -2.05. The highest BCUT2D eigenvalue weighted by molar-refractivity contribution is 5.07. The zero-order valence-corrected chi connectivity index (χ0v) is 14.1. The summed E-state index contributed by atoms with van der Waals surface area (Å²) in [4.78, 5) is 4.67. The summed E-state index contributed by atoms with van der Waals surface area (Å²) in [6, 6.07) is 2.08. The van der Waals surface area contributed by atoms with Crippen molar-refractivity contribution in [2.75, 3.05) is 6.61 Å². The van der Waals surface area contributed by atoms with E-state index in [2.05, 4.69) is 42.0 Å². The van der Waals surface area contributed by atoms with E-state index >= 15 is 0 Å².